The number of aliphatic hydroxyl groups excluding tert-OH is 2. The first-order chi connectivity index (χ1) is 11.2. The molecular weight excluding hydrogens is 327 g/mol. The molecule has 2 atom stereocenters. The lowest BCUT2D eigenvalue weighted by Crippen LogP contribution is -2.30. The van der Waals surface area contributed by atoms with Gasteiger partial charge in [0.25, 0.3) is 0 Å². The second-order valence-corrected chi connectivity index (χ2v) is 6.01. The van der Waals surface area contributed by atoms with Crippen molar-refractivity contribution in [3.63, 3.8) is 0 Å². The average Bonchev–Trinajstić information content (AvgIpc) is 2.98. The van der Waals surface area contributed by atoms with Crippen LogP contribution in [0.3, 0.4) is 0 Å². The fourth-order valence-corrected chi connectivity index (χ4v) is 3.35. The Morgan fingerprint density at radius 3 is 2.25 bits per heavy atom. The van der Waals surface area contributed by atoms with E-state index in [1.807, 2.05) is 0 Å². The Bertz CT molecular complexity index is 730. The number of carbonyl (C=O) groups is 2. The fourth-order valence-electron chi connectivity index (χ4n) is 3.35. The standard InChI is InChI=1S/C16H14F3NO4/c17-16(18,19)11-4-3-9(10(6-21)20-11)15(24)12-13(22)7-1-2-8(5-7)14(12)23/h3-4,7-8,21,24H,1-2,5-6H2. The minimum Gasteiger partial charge on any atom is -0.506 e. The van der Waals surface area contributed by atoms with Crippen molar-refractivity contribution in [3.8, 4) is 0 Å². The lowest BCUT2D eigenvalue weighted by Gasteiger charge is -2.21. The minimum absolute atomic E-state index is 0.233. The summed E-state index contributed by atoms with van der Waals surface area (Å²) in [6.45, 7) is -0.869. The Labute approximate surface area is 134 Å². The van der Waals surface area contributed by atoms with E-state index in [-0.39, 0.29) is 23.0 Å². The van der Waals surface area contributed by atoms with Crippen LogP contribution in [0, 0.1) is 11.8 Å². The van der Waals surface area contributed by atoms with Crippen molar-refractivity contribution in [1.82, 2.24) is 4.98 Å². The number of fused-ring (bicyclic) bond motifs is 2. The van der Waals surface area contributed by atoms with E-state index in [0.29, 0.717) is 25.3 Å². The fraction of sp³-hybridized carbons (Fsp3) is 0.438. The maximum atomic E-state index is 12.7. The molecule has 0 saturated heterocycles. The van der Waals surface area contributed by atoms with Gasteiger partial charge in [0.05, 0.1) is 12.3 Å². The van der Waals surface area contributed by atoms with E-state index in [1.54, 1.807) is 0 Å². The monoisotopic (exact) mass is 341 g/mol. The molecule has 8 heteroatoms. The molecule has 2 bridgehead atoms. The van der Waals surface area contributed by atoms with E-state index in [1.165, 1.54) is 0 Å². The molecule has 0 amide bonds. The van der Waals surface area contributed by atoms with Crippen molar-refractivity contribution >= 4 is 17.3 Å². The Kier molecular flexibility index (Phi) is 3.95. The number of alkyl halides is 3. The molecule has 0 aromatic carbocycles. The van der Waals surface area contributed by atoms with Gasteiger partial charge in [-0.15, -0.1) is 0 Å². The number of rotatable bonds is 2. The van der Waals surface area contributed by atoms with E-state index in [0.717, 1.165) is 6.07 Å². The van der Waals surface area contributed by atoms with Crippen LogP contribution in [0.5, 0.6) is 0 Å². The first-order valence-corrected chi connectivity index (χ1v) is 7.44. The zero-order valence-electron chi connectivity index (χ0n) is 12.4. The van der Waals surface area contributed by atoms with Gasteiger partial charge in [-0.25, -0.2) is 4.98 Å². The molecule has 0 spiro atoms. The molecule has 0 aliphatic heterocycles. The summed E-state index contributed by atoms with van der Waals surface area (Å²) in [6.07, 6.45) is -3.14. The molecule has 128 valence electrons. The van der Waals surface area contributed by atoms with Gasteiger partial charge in [-0.05, 0) is 31.4 Å². The van der Waals surface area contributed by atoms with Gasteiger partial charge >= 0.3 is 6.18 Å². The number of hydrogen-bond acceptors (Lipinski definition) is 5. The normalized spacial score (nSPS) is 23.8. The predicted molar refractivity (Wildman–Crippen MR) is 75.6 cm³/mol. The van der Waals surface area contributed by atoms with Crippen LogP contribution in [0.1, 0.15) is 36.2 Å². The van der Waals surface area contributed by atoms with Crippen LogP contribution in [0.15, 0.2) is 17.7 Å². The molecular formula is C16H14F3NO4. The lowest BCUT2D eigenvalue weighted by atomic mass is 9.81. The van der Waals surface area contributed by atoms with Crippen molar-refractivity contribution in [2.75, 3.05) is 0 Å². The Balaban J connectivity index is 2.11. The Hall–Kier alpha value is -2.22. The van der Waals surface area contributed by atoms with Gasteiger partial charge in [-0.1, -0.05) is 0 Å². The number of hydrogen-bond donors (Lipinski definition) is 2. The first kappa shape index (κ1) is 16.6. The summed E-state index contributed by atoms with van der Waals surface area (Å²) in [7, 11) is 0. The number of ketones is 2. The van der Waals surface area contributed by atoms with Crippen molar-refractivity contribution in [2.24, 2.45) is 11.8 Å². The zero-order valence-corrected chi connectivity index (χ0v) is 12.4. The van der Waals surface area contributed by atoms with E-state index in [9.17, 15) is 33.0 Å². The Morgan fingerprint density at radius 1 is 1.17 bits per heavy atom. The molecule has 2 fully saturated rings. The molecule has 24 heavy (non-hydrogen) atoms. The molecule has 1 aromatic heterocycles. The summed E-state index contributed by atoms with van der Waals surface area (Å²) < 4.78 is 38.1. The third-order valence-corrected chi connectivity index (χ3v) is 4.57. The zero-order chi connectivity index (χ0) is 17.6. The highest BCUT2D eigenvalue weighted by Crippen LogP contribution is 2.42. The number of halogens is 3. The smallest absolute Gasteiger partial charge is 0.433 e. The average molecular weight is 341 g/mol. The van der Waals surface area contributed by atoms with Crippen LogP contribution in [0.2, 0.25) is 0 Å². The van der Waals surface area contributed by atoms with Gasteiger partial charge in [0.15, 0.2) is 11.6 Å². The van der Waals surface area contributed by atoms with E-state index < -0.39 is 41.5 Å². The maximum Gasteiger partial charge on any atom is 0.433 e. The van der Waals surface area contributed by atoms with Crippen LogP contribution in [-0.4, -0.2) is 26.8 Å². The van der Waals surface area contributed by atoms with E-state index in [2.05, 4.69) is 4.98 Å². The van der Waals surface area contributed by atoms with Crippen molar-refractivity contribution in [3.05, 3.63) is 34.7 Å². The topological polar surface area (TPSA) is 87.5 Å². The van der Waals surface area contributed by atoms with Crippen LogP contribution in [0.4, 0.5) is 13.2 Å². The second kappa shape index (κ2) is 5.70. The summed E-state index contributed by atoms with van der Waals surface area (Å²) in [4.78, 5) is 28.0. The molecule has 5 nitrogen and oxygen atoms in total. The Morgan fingerprint density at radius 2 is 1.75 bits per heavy atom. The molecule has 0 radical (unpaired) electrons. The highest BCUT2D eigenvalue weighted by atomic mass is 19.4. The van der Waals surface area contributed by atoms with Crippen molar-refractivity contribution < 1.29 is 33.0 Å². The third kappa shape index (κ3) is 2.60. The van der Waals surface area contributed by atoms with Crippen LogP contribution in [0.25, 0.3) is 5.76 Å². The quantitative estimate of drug-likeness (QED) is 0.490. The van der Waals surface area contributed by atoms with Gasteiger partial charge in [0.2, 0.25) is 0 Å². The molecule has 2 N–H and O–H groups in total. The summed E-state index contributed by atoms with van der Waals surface area (Å²) in [5.41, 5.74) is -2.28. The minimum atomic E-state index is -4.71. The number of aromatic nitrogens is 1. The molecule has 2 aliphatic carbocycles. The van der Waals surface area contributed by atoms with Crippen LogP contribution in [-0.2, 0) is 22.4 Å². The number of allylic oxidation sites excluding steroid dienone is 1. The first-order valence-electron chi connectivity index (χ1n) is 7.44. The summed E-state index contributed by atoms with van der Waals surface area (Å²) in [6, 6.07) is 1.55. The molecule has 2 unspecified atom stereocenters. The summed E-state index contributed by atoms with van der Waals surface area (Å²) >= 11 is 0. The molecule has 1 heterocycles. The van der Waals surface area contributed by atoms with E-state index in [4.69, 9.17) is 0 Å². The van der Waals surface area contributed by atoms with Crippen LogP contribution < -0.4 is 0 Å². The van der Waals surface area contributed by atoms with Gasteiger partial charge in [-0.2, -0.15) is 13.2 Å². The number of Topliss-reactive ketones (excluding diaryl/α,β-unsaturated/α-hetero) is 2. The molecule has 3 rings (SSSR count). The number of nitrogens with zero attached hydrogens (tertiary/aromatic N) is 1. The van der Waals surface area contributed by atoms with Crippen molar-refractivity contribution in [2.45, 2.75) is 32.0 Å². The predicted octanol–water partition coefficient (Wildman–Crippen LogP) is 2.43. The molecule has 1 aromatic rings. The van der Waals surface area contributed by atoms with Crippen molar-refractivity contribution in [1.29, 1.82) is 0 Å². The van der Waals surface area contributed by atoms with Gasteiger partial charge in [0, 0.05) is 17.4 Å². The molecule has 2 aliphatic rings. The summed E-state index contributed by atoms with van der Waals surface area (Å²) in [5, 5.41) is 19.6. The largest absolute Gasteiger partial charge is 0.506 e. The highest BCUT2D eigenvalue weighted by molar-refractivity contribution is 6.27. The van der Waals surface area contributed by atoms with Crippen LogP contribution >= 0.6 is 0 Å². The van der Waals surface area contributed by atoms with Gasteiger partial charge < -0.3 is 10.2 Å². The van der Waals surface area contributed by atoms with E-state index >= 15 is 0 Å². The number of pyridine rings is 1. The van der Waals surface area contributed by atoms with Gasteiger partial charge in [0.1, 0.15) is 17.0 Å². The highest BCUT2D eigenvalue weighted by Gasteiger charge is 2.45. The second-order valence-electron chi connectivity index (χ2n) is 6.01. The summed E-state index contributed by atoms with van der Waals surface area (Å²) in [5.74, 6) is -2.37. The SMILES string of the molecule is O=C1C(=C(O)c2ccc(C(F)(F)F)nc2CO)C(=O)C2CCC1C2. The lowest BCUT2D eigenvalue weighted by molar-refractivity contribution is -0.141. The number of carbonyl (C=O) groups excluding carboxylic acids is 2. The van der Waals surface area contributed by atoms with Gasteiger partial charge in [-0.3, -0.25) is 9.59 Å². The third-order valence-electron chi connectivity index (χ3n) is 4.57. The molecule has 2 saturated carbocycles. The maximum absolute atomic E-state index is 12.7. The number of aliphatic hydroxyl groups is 2.